The van der Waals surface area contributed by atoms with Gasteiger partial charge in [-0.2, -0.15) is 0 Å². The van der Waals surface area contributed by atoms with Gasteiger partial charge in [-0.15, -0.1) is 0 Å². The van der Waals surface area contributed by atoms with Crippen molar-refractivity contribution in [1.82, 2.24) is 0 Å². The van der Waals surface area contributed by atoms with Crippen molar-refractivity contribution < 1.29 is 14.6 Å². The number of carboxylic acids is 1. The molecule has 0 bridgehead atoms. The molecule has 2 rings (SSSR count). The minimum atomic E-state index is -0.773. The maximum absolute atomic E-state index is 11.4. The highest BCUT2D eigenvalue weighted by Crippen LogP contribution is 2.30. The Kier molecular flexibility index (Phi) is 4.07. The molecule has 1 aromatic rings. The topological polar surface area (TPSA) is 58.6 Å². The van der Waals surface area contributed by atoms with Gasteiger partial charge in [0.05, 0.1) is 7.11 Å². The molecule has 0 aliphatic heterocycles. The van der Waals surface area contributed by atoms with Crippen molar-refractivity contribution in [2.45, 2.75) is 31.7 Å². The van der Waals surface area contributed by atoms with Gasteiger partial charge in [0.15, 0.2) is 0 Å². The Morgan fingerprint density at radius 3 is 2.78 bits per heavy atom. The van der Waals surface area contributed by atoms with Crippen molar-refractivity contribution in [3.05, 3.63) is 24.3 Å². The van der Waals surface area contributed by atoms with Gasteiger partial charge in [-0.25, -0.2) is 4.79 Å². The van der Waals surface area contributed by atoms with E-state index in [-0.39, 0.29) is 5.92 Å². The summed E-state index contributed by atoms with van der Waals surface area (Å²) in [6.07, 6.45) is 4.25. The first-order valence-electron chi connectivity index (χ1n) is 6.34. The van der Waals surface area contributed by atoms with Gasteiger partial charge in [0, 0.05) is 11.8 Å². The first-order chi connectivity index (χ1) is 8.70. The minimum absolute atomic E-state index is 0.230. The van der Waals surface area contributed by atoms with Crippen LogP contribution in [0.15, 0.2) is 24.3 Å². The Hall–Kier alpha value is -1.71. The van der Waals surface area contributed by atoms with Crippen LogP contribution in [0.1, 0.15) is 25.7 Å². The second-order valence-corrected chi connectivity index (χ2v) is 4.74. The van der Waals surface area contributed by atoms with E-state index in [4.69, 9.17) is 4.74 Å². The van der Waals surface area contributed by atoms with Crippen molar-refractivity contribution in [3.8, 4) is 5.75 Å². The lowest BCUT2D eigenvalue weighted by atomic mass is 9.98. The second-order valence-electron chi connectivity index (χ2n) is 4.74. The molecule has 1 aliphatic carbocycles. The van der Waals surface area contributed by atoms with Crippen LogP contribution < -0.4 is 10.1 Å². The Bertz CT molecular complexity index is 413. The zero-order valence-corrected chi connectivity index (χ0v) is 10.6. The number of carboxylic acid groups (broad SMARTS) is 1. The van der Waals surface area contributed by atoms with E-state index in [1.165, 1.54) is 0 Å². The SMILES string of the molecule is COc1cccc(NC(C(=O)O)C2CCCC2)c1. The summed E-state index contributed by atoms with van der Waals surface area (Å²) in [7, 11) is 1.60. The summed E-state index contributed by atoms with van der Waals surface area (Å²) in [4.78, 5) is 11.4. The number of ether oxygens (including phenoxy) is 1. The van der Waals surface area contributed by atoms with Crippen LogP contribution in [0.25, 0.3) is 0 Å². The number of methoxy groups -OCH3 is 1. The molecular formula is C14H19NO3. The van der Waals surface area contributed by atoms with E-state index < -0.39 is 12.0 Å². The lowest BCUT2D eigenvalue weighted by Crippen LogP contribution is -2.35. The minimum Gasteiger partial charge on any atom is -0.497 e. The van der Waals surface area contributed by atoms with Crippen LogP contribution in [0.2, 0.25) is 0 Å². The lowest BCUT2D eigenvalue weighted by molar-refractivity contribution is -0.139. The summed E-state index contributed by atoms with van der Waals surface area (Å²) in [5.41, 5.74) is 0.800. The Morgan fingerprint density at radius 2 is 2.17 bits per heavy atom. The molecule has 4 nitrogen and oxygen atoms in total. The fourth-order valence-electron chi connectivity index (χ4n) is 2.56. The highest BCUT2D eigenvalue weighted by Gasteiger charge is 2.30. The molecule has 1 fully saturated rings. The molecule has 0 radical (unpaired) electrons. The number of rotatable bonds is 5. The average molecular weight is 249 g/mol. The number of benzene rings is 1. The summed E-state index contributed by atoms with van der Waals surface area (Å²) >= 11 is 0. The highest BCUT2D eigenvalue weighted by atomic mass is 16.5. The van der Waals surface area contributed by atoms with Crippen molar-refractivity contribution >= 4 is 11.7 Å². The molecule has 1 aliphatic rings. The highest BCUT2D eigenvalue weighted by molar-refractivity contribution is 5.78. The van der Waals surface area contributed by atoms with E-state index >= 15 is 0 Å². The summed E-state index contributed by atoms with van der Waals surface area (Å²) in [6.45, 7) is 0. The molecule has 4 heteroatoms. The molecule has 18 heavy (non-hydrogen) atoms. The van der Waals surface area contributed by atoms with Crippen LogP contribution in [-0.4, -0.2) is 24.2 Å². The van der Waals surface area contributed by atoms with Gasteiger partial charge >= 0.3 is 5.97 Å². The van der Waals surface area contributed by atoms with E-state index in [2.05, 4.69) is 5.32 Å². The fourth-order valence-corrected chi connectivity index (χ4v) is 2.56. The van der Waals surface area contributed by atoms with Crippen LogP contribution in [0.3, 0.4) is 0 Å². The predicted octanol–water partition coefficient (Wildman–Crippen LogP) is 2.75. The van der Waals surface area contributed by atoms with E-state index in [0.717, 1.165) is 37.1 Å². The molecule has 1 aromatic carbocycles. The van der Waals surface area contributed by atoms with Gasteiger partial charge in [0.1, 0.15) is 11.8 Å². The number of aliphatic carboxylic acids is 1. The Labute approximate surface area is 107 Å². The zero-order valence-electron chi connectivity index (χ0n) is 10.6. The molecule has 1 atom stereocenters. The first-order valence-corrected chi connectivity index (χ1v) is 6.34. The van der Waals surface area contributed by atoms with E-state index in [9.17, 15) is 9.90 Å². The molecule has 0 spiro atoms. The molecule has 2 N–H and O–H groups in total. The molecule has 0 aromatic heterocycles. The lowest BCUT2D eigenvalue weighted by Gasteiger charge is -2.21. The van der Waals surface area contributed by atoms with Crippen molar-refractivity contribution in [2.24, 2.45) is 5.92 Å². The smallest absolute Gasteiger partial charge is 0.326 e. The normalized spacial score (nSPS) is 17.4. The largest absolute Gasteiger partial charge is 0.497 e. The second kappa shape index (κ2) is 5.76. The van der Waals surface area contributed by atoms with E-state index in [1.54, 1.807) is 7.11 Å². The van der Waals surface area contributed by atoms with Crippen LogP contribution >= 0.6 is 0 Å². The molecule has 1 saturated carbocycles. The number of anilines is 1. The Balaban J connectivity index is 2.10. The van der Waals surface area contributed by atoms with Crippen LogP contribution in [0.5, 0.6) is 5.75 Å². The van der Waals surface area contributed by atoms with E-state index in [1.807, 2.05) is 24.3 Å². The first kappa shape index (κ1) is 12.7. The summed E-state index contributed by atoms with van der Waals surface area (Å²) in [5.74, 6) is 0.189. The third kappa shape index (κ3) is 2.94. The number of hydrogen-bond donors (Lipinski definition) is 2. The molecule has 98 valence electrons. The van der Waals surface area contributed by atoms with Crippen LogP contribution in [0.4, 0.5) is 5.69 Å². The Morgan fingerprint density at radius 1 is 1.44 bits per heavy atom. The van der Waals surface area contributed by atoms with E-state index in [0.29, 0.717) is 0 Å². The predicted molar refractivity (Wildman–Crippen MR) is 70.0 cm³/mol. The zero-order chi connectivity index (χ0) is 13.0. The van der Waals surface area contributed by atoms with Gasteiger partial charge in [0.25, 0.3) is 0 Å². The average Bonchev–Trinajstić information content (AvgIpc) is 2.89. The molecule has 0 saturated heterocycles. The molecule has 1 unspecified atom stereocenters. The summed E-state index contributed by atoms with van der Waals surface area (Å²) in [6, 6.07) is 6.89. The maximum atomic E-state index is 11.4. The van der Waals surface area contributed by atoms with Crippen LogP contribution in [0, 0.1) is 5.92 Å². The summed E-state index contributed by atoms with van der Waals surface area (Å²) in [5, 5.41) is 12.4. The monoisotopic (exact) mass is 249 g/mol. The van der Waals surface area contributed by atoms with Gasteiger partial charge in [-0.1, -0.05) is 18.9 Å². The quantitative estimate of drug-likeness (QED) is 0.842. The molecular weight excluding hydrogens is 230 g/mol. The van der Waals surface area contributed by atoms with Crippen molar-refractivity contribution in [1.29, 1.82) is 0 Å². The van der Waals surface area contributed by atoms with Crippen LogP contribution in [-0.2, 0) is 4.79 Å². The summed E-state index contributed by atoms with van der Waals surface area (Å²) < 4.78 is 5.13. The van der Waals surface area contributed by atoms with Crippen molar-refractivity contribution in [2.75, 3.05) is 12.4 Å². The fraction of sp³-hybridized carbons (Fsp3) is 0.500. The van der Waals surface area contributed by atoms with Gasteiger partial charge in [-0.05, 0) is 30.9 Å². The third-order valence-corrected chi connectivity index (χ3v) is 3.53. The number of hydrogen-bond acceptors (Lipinski definition) is 3. The molecule has 0 heterocycles. The number of nitrogens with one attached hydrogen (secondary N) is 1. The standard InChI is InChI=1S/C14H19NO3/c1-18-12-8-4-7-11(9-12)15-13(14(16)17)10-5-2-3-6-10/h4,7-10,13,15H,2-3,5-6H2,1H3,(H,16,17). The van der Waals surface area contributed by atoms with Gasteiger partial charge in [0.2, 0.25) is 0 Å². The molecule has 0 amide bonds. The van der Waals surface area contributed by atoms with Gasteiger partial charge < -0.3 is 15.2 Å². The number of carbonyl (C=O) groups is 1. The maximum Gasteiger partial charge on any atom is 0.326 e. The third-order valence-electron chi connectivity index (χ3n) is 3.53. The van der Waals surface area contributed by atoms with Crippen molar-refractivity contribution in [3.63, 3.8) is 0 Å². The van der Waals surface area contributed by atoms with Gasteiger partial charge in [-0.3, -0.25) is 0 Å².